The first-order valence-corrected chi connectivity index (χ1v) is 11.4. The summed E-state index contributed by atoms with van der Waals surface area (Å²) in [4.78, 5) is 14.6. The van der Waals surface area contributed by atoms with Crippen LogP contribution in [-0.4, -0.2) is 44.4 Å². The van der Waals surface area contributed by atoms with Crippen LogP contribution in [0.25, 0.3) is 0 Å². The monoisotopic (exact) mass is 435 g/mol. The standard InChI is InChI=1S/C22H30FN3O3S/c1-15(2)26(16(3)4)12-11-24-22(27)18-7-6-8-19(13-18)25-30(28,29)20-10-9-17(5)21(23)14-20/h6-10,13-16,25H,11-12H2,1-5H3,(H,24,27). The van der Waals surface area contributed by atoms with Gasteiger partial charge in [0.1, 0.15) is 5.82 Å². The molecule has 0 unspecified atom stereocenters. The highest BCUT2D eigenvalue weighted by Crippen LogP contribution is 2.19. The molecule has 0 spiro atoms. The van der Waals surface area contributed by atoms with Gasteiger partial charge in [-0.1, -0.05) is 12.1 Å². The first kappa shape index (κ1) is 23.8. The third-order valence-corrected chi connectivity index (χ3v) is 6.19. The molecule has 0 aromatic heterocycles. The number of amides is 1. The number of anilines is 1. The molecule has 1 amide bonds. The molecule has 2 aromatic carbocycles. The number of halogens is 1. The summed E-state index contributed by atoms with van der Waals surface area (Å²) >= 11 is 0. The Kier molecular flexibility index (Phi) is 7.97. The SMILES string of the molecule is Cc1ccc(S(=O)(=O)Nc2cccc(C(=O)NCCN(C(C)C)C(C)C)c2)cc1F. The summed E-state index contributed by atoms with van der Waals surface area (Å²) in [5.41, 5.74) is 0.932. The number of benzene rings is 2. The lowest BCUT2D eigenvalue weighted by molar-refractivity contribution is 0.0939. The Hall–Kier alpha value is -2.45. The van der Waals surface area contributed by atoms with Crippen molar-refractivity contribution in [1.82, 2.24) is 10.2 Å². The molecule has 6 nitrogen and oxygen atoms in total. The van der Waals surface area contributed by atoms with Crippen LogP contribution in [0.5, 0.6) is 0 Å². The first-order chi connectivity index (χ1) is 14.0. The zero-order valence-electron chi connectivity index (χ0n) is 18.1. The zero-order chi connectivity index (χ0) is 22.5. The normalized spacial score (nSPS) is 11.9. The van der Waals surface area contributed by atoms with Crippen molar-refractivity contribution in [3.05, 3.63) is 59.4 Å². The van der Waals surface area contributed by atoms with Gasteiger partial charge in [-0.25, -0.2) is 12.8 Å². The highest BCUT2D eigenvalue weighted by molar-refractivity contribution is 7.92. The minimum absolute atomic E-state index is 0.178. The number of nitrogens with zero attached hydrogens (tertiary/aromatic N) is 1. The van der Waals surface area contributed by atoms with E-state index in [1.807, 2.05) is 0 Å². The van der Waals surface area contributed by atoms with Crippen LogP contribution in [0.3, 0.4) is 0 Å². The van der Waals surface area contributed by atoms with Gasteiger partial charge in [-0.05, 0) is 70.5 Å². The van der Waals surface area contributed by atoms with Crippen LogP contribution in [0.2, 0.25) is 0 Å². The number of aryl methyl sites for hydroxylation is 1. The van der Waals surface area contributed by atoms with Crippen LogP contribution in [0, 0.1) is 12.7 Å². The van der Waals surface area contributed by atoms with E-state index in [9.17, 15) is 17.6 Å². The van der Waals surface area contributed by atoms with Crippen LogP contribution in [-0.2, 0) is 10.0 Å². The fraction of sp³-hybridized carbons (Fsp3) is 0.409. The molecule has 0 bridgehead atoms. The van der Waals surface area contributed by atoms with Gasteiger partial charge in [0, 0.05) is 36.4 Å². The smallest absolute Gasteiger partial charge is 0.261 e. The van der Waals surface area contributed by atoms with Crippen molar-refractivity contribution in [1.29, 1.82) is 0 Å². The molecule has 0 fully saturated rings. The van der Waals surface area contributed by atoms with Gasteiger partial charge in [0.25, 0.3) is 15.9 Å². The van der Waals surface area contributed by atoms with Crippen LogP contribution in [0.1, 0.15) is 43.6 Å². The number of rotatable bonds is 9. The average Bonchev–Trinajstić information content (AvgIpc) is 2.66. The Bertz CT molecular complexity index is 983. The number of nitrogens with one attached hydrogen (secondary N) is 2. The van der Waals surface area contributed by atoms with E-state index in [4.69, 9.17) is 0 Å². The largest absolute Gasteiger partial charge is 0.351 e. The van der Waals surface area contributed by atoms with Gasteiger partial charge in [-0.15, -0.1) is 0 Å². The minimum atomic E-state index is -3.97. The number of sulfonamides is 1. The van der Waals surface area contributed by atoms with E-state index in [2.05, 4.69) is 42.6 Å². The molecule has 0 heterocycles. The maximum Gasteiger partial charge on any atom is 0.261 e. The summed E-state index contributed by atoms with van der Waals surface area (Å²) in [6.07, 6.45) is 0. The van der Waals surface area contributed by atoms with Crippen molar-refractivity contribution >= 4 is 21.6 Å². The van der Waals surface area contributed by atoms with Gasteiger partial charge in [0.15, 0.2) is 0 Å². The molecular weight excluding hydrogens is 405 g/mol. The predicted molar refractivity (Wildman–Crippen MR) is 118 cm³/mol. The van der Waals surface area contributed by atoms with Gasteiger partial charge in [-0.3, -0.25) is 14.4 Å². The Labute approximate surface area is 178 Å². The zero-order valence-corrected chi connectivity index (χ0v) is 18.9. The lowest BCUT2D eigenvalue weighted by Gasteiger charge is -2.30. The van der Waals surface area contributed by atoms with Gasteiger partial charge < -0.3 is 5.32 Å². The average molecular weight is 436 g/mol. The van der Waals surface area contributed by atoms with E-state index >= 15 is 0 Å². The van der Waals surface area contributed by atoms with E-state index < -0.39 is 15.8 Å². The second kappa shape index (κ2) is 10.0. The molecule has 0 atom stereocenters. The molecule has 30 heavy (non-hydrogen) atoms. The van der Waals surface area contributed by atoms with Crippen molar-refractivity contribution in [2.24, 2.45) is 0 Å². The van der Waals surface area contributed by atoms with Gasteiger partial charge in [-0.2, -0.15) is 0 Å². The van der Waals surface area contributed by atoms with Crippen molar-refractivity contribution < 1.29 is 17.6 Å². The molecule has 164 valence electrons. The van der Waals surface area contributed by atoms with Crippen molar-refractivity contribution in [2.75, 3.05) is 17.8 Å². The summed E-state index contributed by atoms with van der Waals surface area (Å²) in [6, 6.07) is 10.7. The molecule has 8 heteroatoms. The molecule has 0 aliphatic carbocycles. The molecule has 2 aromatic rings. The van der Waals surface area contributed by atoms with Gasteiger partial charge >= 0.3 is 0 Å². The van der Waals surface area contributed by atoms with Gasteiger partial charge in [0.2, 0.25) is 0 Å². The molecule has 0 saturated carbocycles. The van der Waals surface area contributed by atoms with E-state index in [-0.39, 0.29) is 16.5 Å². The van der Waals surface area contributed by atoms with E-state index in [1.54, 1.807) is 19.1 Å². The molecule has 0 radical (unpaired) electrons. The third kappa shape index (κ3) is 6.27. The Balaban J connectivity index is 2.06. The maximum absolute atomic E-state index is 13.7. The molecule has 0 aliphatic rings. The van der Waals surface area contributed by atoms with E-state index in [0.29, 0.717) is 36.3 Å². The number of carbonyl (C=O) groups excluding carboxylic acids is 1. The minimum Gasteiger partial charge on any atom is -0.351 e. The molecule has 2 N–H and O–H groups in total. The quantitative estimate of drug-likeness (QED) is 0.628. The van der Waals surface area contributed by atoms with E-state index in [1.165, 1.54) is 24.3 Å². The second-order valence-corrected chi connectivity index (χ2v) is 9.46. The third-order valence-electron chi connectivity index (χ3n) is 4.81. The number of hydrogen-bond acceptors (Lipinski definition) is 4. The lowest BCUT2D eigenvalue weighted by Crippen LogP contribution is -2.42. The van der Waals surface area contributed by atoms with Crippen LogP contribution >= 0.6 is 0 Å². The molecule has 2 rings (SSSR count). The van der Waals surface area contributed by atoms with Crippen molar-refractivity contribution in [2.45, 2.75) is 51.6 Å². The van der Waals surface area contributed by atoms with Crippen LogP contribution < -0.4 is 10.0 Å². The first-order valence-electron chi connectivity index (χ1n) is 9.94. The lowest BCUT2D eigenvalue weighted by atomic mass is 10.2. The Morgan fingerprint density at radius 3 is 2.33 bits per heavy atom. The summed E-state index contributed by atoms with van der Waals surface area (Å²) in [5.74, 6) is -0.882. The highest BCUT2D eigenvalue weighted by Gasteiger charge is 2.17. The highest BCUT2D eigenvalue weighted by atomic mass is 32.2. The number of hydrogen-bond donors (Lipinski definition) is 2. The summed E-state index contributed by atoms with van der Waals surface area (Å²) in [6.45, 7) is 11.2. The summed E-state index contributed by atoms with van der Waals surface area (Å²) in [7, 11) is -3.97. The molecule has 0 saturated heterocycles. The van der Waals surface area contributed by atoms with Crippen molar-refractivity contribution in [3.63, 3.8) is 0 Å². The van der Waals surface area contributed by atoms with Crippen molar-refractivity contribution in [3.8, 4) is 0 Å². The second-order valence-electron chi connectivity index (χ2n) is 7.78. The van der Waals surface area contributed by atoms with Crippen LogP contribution in [0.4, 0.5) is 10.1 Å². The fourth-order valence-corrected chi connectivity index (χ4v) is 4.25. The molecular formula is C22H30FN3O3S. The Morgan fingerprint density at radius 1 is 1.07 bits per heavy atom. The fourth-order valence-electron chi connectivity index (χ4n) is 3.19. The van der Waals surface area contributed by atoms with E-state index in [0.717, 1.165) is 6.07 Å². The topological polar surface area (TPSA) is 78.5 Å². The number of carbonyl (C=O) groups is 1. The summed E-state index contributed by atoms with van der Waals surface area (Å²) in [5, 5.41) is 2.87. The molecule has 0 aliphatic heterocycles. The van der Waals surface area contributed by atoms with Gasteiger partial charge in [0.05, 0.1) is 4.90 Å². The Morgan fingerprint density at radius 2 is 1.73 bits per heavy atom. The summed E-state index contributed by atoms with van der Waals surface area (Å²) < 4.78 is 41.2. The van der Waals surface area contributed by atoms with Crippen LogP contribution in [0.15, 0.2) is 47.4 Å². The maximum atomic E-state index is 13.7. The predicted octanol–water partition coefficient (Wildman–Crippen LogP) is 3.78.